The molecule has 6 heteroatoms. The summed E-state index contributed by atoms with van der Waals surface area (Å²) in [6, 6.07) is 0. The summed E-state index contributed by atoms with van der Waals surface area (Å²) in [6.45, 7) is 0.654. The molecule has 0 spiro atoms. The Kier molecular flexibility index (Phi) is 3.32. The smallest absolute Gasteiger partial charge is 0.344 e. The van der Waals surface area contributed by atoms with Gasteiger partial charge in [0, 0.05) is 0 Å². The van der Waals surface area contributed by atoms with Crippen molar-refractivity contribution in [3.63, 3.8) is 0 Å². The molecule has 1 aliphatic rings. The van der Waals surface area contributed by atoms with E-state index in [1.807, 2.05) is 0 Å². The third-order valence-electron chi connectivity index (χ3n) is 0.798. The lowest BCUT2D eigenvalue weighted by atomic mass is 10.5. The van der Waals surface area contributed by atoms with Gasteiger partial charge in [0.15, 0.2) is 0 Å². The van der Waals surface area contributed by atoms with Gasteiger partial charge in [0.1, 0.15) is 0 Å². The van der Waals surface area contributed by atoms with Crippen LogP contribution in [0.2, 0.25) is 0 Å². The molecule has 0 aromatic carbocycles. The normalized spacial score (nSPS) is 24.6. The molecule has 0 unspecified atom stereocenters. The van der Waals surface area contributed by atoms with Crippen molar-refractivity contribution in [2.75, 3.05) is 13.2 Å². The summed E-state index contributed by atoms with van der Waals surface area (Å²) >= 11 is 0. The summed E-state index contributed by atoms with van der Waals surface area (Å²) in [6.07, 6.45) is 0.699. The SMILES string of the molecule is N.O=P1(O)OCCCO1. The van der Waals surface area contributed by atoms with Gasteiger partial charge in [-0.2, -0.15) is 0 Å². The Balaban J connectivity index is 0.000000640. The zero-order chi connectivity index (χ0) is 6.04. The second-order valence-corrected chi connectivity index (χ2v) is 2.94. The molecular weight excluding hydrogens is 145 g/mol. The van der Waals surface area contributed by atoms with E-state index in [-0.39, 0.29) is 6.15 Å². The molecule has 1 heterocycles. The van der Waals surface area contributed by atoms with Crippen molar-refractivity contribution < 1.29 is 18.5 Å². The van der Waals surface area contributed by atoms with Crippen LogP contribution in [-0.2, 0) is 13.6 Å². The van der Waals surface area contributed by atoms with Crippen LogP contribution in [0.15, 0.2) is 0 Å². The number of phosphoric acid groups is 1. The van der Waals surface area contributed by atoms with Gasteiger partial charge in [0.2, 0.25) is 0 Å². The molecule has 0 aromatic heterocycles. The summed E-state index contributed by atoms with van der Waals surface area (Å²) in [5, 5.41) is 0. The lowest BCUT2D eigenvalue weighted by Crippen LogP contribution is -2.06. The Morgan fingerprint density at radius 2 is 1.78 bits per heavy atom. The van der Waals surface area contributed by atoms with Crippen LogP contribution in [0.4, 0.5) is 0 Å². The van der Waals surface area contributed by atoms with Crippen molar-refractivity contribution in [2.45, 2.75) is 6.42 Å². The highest BCUT2D eigenvalue weighted by molar-refractivity contribution is 7.47. The van der Waals surface area contributed by atoms with E-state index < -0.39 is 7.82 Å². The monoisotopic (exact) mass is 155 g/mol. The molecule has 1 saturated heterocycles. The van der Waals surface area contributed by atoms with Gasteiger partial charge >= 0.3 is 7.82 Å². The van der Waals surface area contributed by atoms with E-state index in [0.717, 1.165) is 0 Å². The molecule has 0 radical (unpaired) electrons. The predicted molar refractivity (Wildman–Crippen MR) is 31.4 cm³/mol. The second kappa shape index (κ2) is 3.29. The van der Waals surface area contributed by atoms with Crippen LogP contribution in [0, 0.1) is 0 Å². The van der Waals surface area contributed by atoms with Crippen molar-refractivity contribution in [2.24, 2.45) is 0 Å². The highest BCUT2D eigenvalue weighted by Gasteiger charge is 2.23. The number of phosphoric ester groups is 1. The molecule has 0 bridgehead atoms. The van der Waals surface area contributed by atoms with Gasteiger partial charge in [-0.15, -0.1) is 0 Å². The molecule has 9 heavy (non-hydrogen) atoms. The van der Waals surface area contributed by atoms with Gasteiger partial charge in [0.25, 0.3) is 0 Å². The molecule has 0 aliphatic carbocycles. The molecule has 0 amide bonds. The van der Waals surface area contributed by atoms with E-state index in [0.29, 0.717) is 19.6 Å². The van der Waals surface area contributed by atoms with Crippen molar-refractivity contribution in [3.8, 4) is 0 Å². The first kappa shape index (κ1) is 9.07. The third kappa shape index (κ3) is 2.93. The second-order valence-electron chi connectivity index (χ2n) is 1.49. The first-order valence-electron chi connectivity index (χ1n) is 2.33. The lowest BCUT2D eigenvalue weighted by molar-refractivity contribution is 0.102. The average molecular weight is 155 g/mol. The molecule has 0 aromatic rings. The summed E-state index contributed by atoms with van der Waals surface area (Å²) < 4.78 is 19.1. The summed E-state index contributed by atoms with van der Waals surface area (Å²) in [7, 11) is -3.59. The van der Waals surface area contributed by atoms with E-state index >= 15 is 0 Å². The van der Waals surface area contributed by atoms with Gasteiger partial charge in [0.05, 0.1) is 13.2 Å². The number of rotatable bonds is 0. The topological polar surface area (TPSA) is 90.8 Å². The third-order valence-corrected chi connectivity index (χ3v) is 1.82. The zero-order valence-electron chi connectivity index (χ0n) is 4.95. The van der Waals surface area contributed by atoms with E-state index in [2.05, 4.69) is 9.05 Å². The van der Waals surface area contributed by atoms with Crippen LogP contribution in [-0.4, -0.2) is 18.1 Å². The molecule has 4 N–H and O–H groups in total. The van der Waals surface area contributed by atoms with Crippen molar-refractivity contribution in [1.29, 1.82) is 0 Å². The van der Waals surface area contributed by atoms with Crippen LogP contribution in [0.1, 0.15) is 6.42 Å². The van der Waals surface area contributed by atoms with Crippen LogP contribution < -0.4 is 6.15 Å². The predicted octanol–water partition coefficient (Wildman–Crippen LogP) is 0.686. The molecule has 56 valence electrons. The number of hydrogen-bond donors (Lipinski definition) is 2. The van der Waals surface area contributed by atoms with Crippen LogP contribution in [0.3, 0.4) is 0 Å². The van der Waals surface area contributed by atoms with Crippen LogP contribution in [0.25, 0.3) is 0 Å². The maximum absolute atomic E-state index is 10.3. The summed E-state index contributed by atoms with van der Waals surface area (Å²) in [5.41, 5.74) is 0. The standard InChI is InChI=1S/C3H7O4P.H3N/c4-8(5)6-2-1-3-7-8;/h1-3H2,(H,4,5);1H3. The minimum Gasteiger partial charge on any atom is -0.344 e. The highest BCUT2D eigenvalue weighted by Crippen LogP contribution is 2.45. The quantitative estimate of drug-likeness (QED) is 0.502. The molecule has 1 rings (SSSR count). The van der Waals surface area contributed by atoms with Crippen LogP contribution in [0.5, 0.6) is 0 Å². The Hall–Kier alpha value is 0.0700. The molecular formula is C3H10NO4P. The average Bonchev–Trinajstić information content (AvgIpc) is 1.65. The first-order chi connectivity index (χ1) is 3.71. The Labute approximate surface area is 53.2 Å². The molecule has 5 nitrogen and oxygen atoms in total. The Morgan fingerprint density at radius 3 is 2.00 bits per heavy atom. The van der Waals surface area contributed by atoms with Gasteiger partial charge in [-0.3, -0.25) is 9.05 Å². The summed E-state index contributed by atoms with van der Waals surface area (Å²) in [5.74, 6) is 0. The van der Waals surface area contributed by atoms with Gasteiger partial charge < -0.3 is 11.0 Å². The van der Waals surface area contributed by atoms with Crippen LogP contribution >= 0.6 is 7.82 Å². The van der Waals surface area contributed by atoms with Gasteiger partial charge in [-0.25, -0.2) is 4.57 Å². The summed E-state index contributed by atoms with van der Waals surface area (Å²) in [4.78, 5) is 8.49. The fraction of sp³-hybridized carbons (Fsp3) is 1.00. The first-order valence-corrected chi connectivity index (χ1v) is 3.82. The van der Waals surface area contributed by atoms with E-state index in [4.69, 9.17) is 4.89 Å². The van der Waals surface area contributed by atoms with Crippen molar-refractivity contribution >= 4 is 7.82 Å². The minimum atomic E-state index is -3.59. The fourth-order valence-electron chi connectivity index (χ4n) is 0.456. The van der Waals surface area contributed by atoms with Crippen molar-refractivity contribution in [3.05, 3.63) is 0 Å². The fourth-order valence-corrected chi connectivity index (χ4v) is 1.25. The molecule has 0 atom stereocenters. The highest BCUT2D eigenvalue weighted by atomic mass is 31.2. The number of hydrogen-bond acceptors (Lipinski definition) is 4. The van der Waals surface area contributed by atoms with Crippen molar-refractivity contribution in [1.82, 2.24) is 6.15 Å². The maximum Gasteiger partial charge on any atom is 0.472 e. The van der Waals surface area contributed by atoms with Gasteiger partial charge in [-0.1, -0.05) is 0 Å². The lowest BCUT2D eigenvalue weighted by Gasteiger charge is -2.16. The van der Waals surface area contributed by atoms with E-state index in [9.17, 15) is 4.57 Å². The Morgan fingerprint density at radius 1 is 1.33 bits per heavy atom. The molecule has 0 saturated carbocycles. The minimum absolute atomic E-state index is 0. The maximum atomic E-state index is 10.3. The van der Waals surface area contributed by atoms with Gasteiger partial charge in [-0.05, 0) is 6.42 Å². The molecule has 1 fully saturated rings. The zero-order valence-corrected chi connectivity index (χ0v) is 5.84. The molecule has 1 aliphatic heterocycles. The van der Waals surface area contributed by atoms with E-state index in [1.165, 1.54) is 0 Å². The van der Waals surface area contributed by atoms with E-state index in [1.54, 1.807) is 0 Å². The Bertz CT molecular complexity index is 117. The largest absolute Gasteiger partial charge is 0.472 e.